The molecule has 2 atom stereocenters. The van der Waals surface area contributed by atoms with Crippen molar-refractivity contribution >= 4 is 23.2 Å². The molecule has 0 saturated carbocycles. The molecular formula is C15H22N2O2S. The van der Waals surface area contributed by atoms with Crippen molar-refractivity contribution in [3.63, 3.8) is 0 Å². The van der Waals surface area contributed by atoms with Gasteiger partial charge in [0.1, 0.15) is 0 Å². The Morgan fingerprint density at radius 1 is 1.40 bits per heavy atom. The summed E-state index contributed by atoms with van der Waals surface area (Å²) in [5.74, 6) is 0.529. The van der Waals surface area contributed by atoms with Gasteiger partial charge < -0.3 is 10.2 Å². The van der Waals surface area contributed by atoms with Crippen LogP contribution in [0.5, 0.6) is 0 Å². The lowest BCUT2D eigenvalue weighted by atomic mass is 9.95. The summed E-state index contributed by atoms with van der Waals surface area (Å²) in [5, 5.41) is 4.96. The van der Waals surface area contributed by atoms with Gasteiger partial charge >= 0.3 is 0 Å². The zero-order chi connectivity index (χ0) is 14.7. The third-order valence-corrected chi connectivity index (χ3v) is 4.41. The lowest BCUT2D eigenvalue weighted by molar-refractivity contribution is -0.125. The number of nitrogens with one attached hydrogen (secondary N) is 1. The lowest BCUT2D eigenvalue weighted by Crippen LogP contribution is -2.52. The second-order valence-electron chi connectivity index (χ2n) is 5.89. The zero-order valence-electron chi connectivity index (χ0n) is 12.3. The SMILES string of the molecule is CC1CC(NC(=O)C(C)C)CN(C(=O)c2cccs2)C1. The van der Waals surface area contributed by atoms with E-state index in [1.807, 2.05) is 36.3 Å². The Balaban J connectivity index is 2.01. The van der Waals surface area contributed by atoms with E-state index in [-0.39, 0.29) is 23.8 Å². The van der Waals surface area contributed by atoms with Crippen molar-refractivity contribution in [1.82, 2.24) is 10.2 Å². The smallest absolute Gasteiger partial charge is 0.263 e. The molecule has 110 valence electrons. The predicted octanol–water partition coefficient (Wildman–Crippen LogP) is 2.37. The molecule has 0 spiro atoms. The zero-order valence-corrected chi connectivity index (χ0v) is 13.1. The Hall–Kier alpha value is -1.36. The second-order valence-corrected chi connectivity index (χ2v) is 6.84. The van der Waals surface area contributed by atoms with Gasteiger partial charge in [0.25, 0.3) is 5.91 Å². The van der Waals surface area contributed by atoms with Crippen LogP contribution in [0, 0.1) is 11.8 Å². The van der Waals surface area contributed by atoms with E-state index in [1.54, 1.807) is 0 Å². The number of thiophene rings is 1. The number of piperidine rings is 1. The summed E-state index contributed by atoms with van der Waals surface area (Å²) >= 11 is 1.47. The van der Waals surface area contributed by atoms with Gasteiger partial charge in [0.05, 0.1) is 4.88 Å². The number of carbonyl (C=O) groups is 2. The molecule has 0 radical (unpaired) electrons. The Kier molecular flexibility index (Phi) is 4.81. The van der Waals surface area contributed by atoms with Crippen LogP contribution in [0.15, 0.2) is 17.5 Å². The van der Waals surface area contributed by atoms with E-state index in [1.165, 1.54) is 11.3 Å². The summed E-state index contributed by atoms with van der Waals surface area (Å²) in [4.78, 5) is 26.8. The number of rotatable bonds is 3. The first kappa shape index (κ1) is 15.0. The third kappa shape index (κ3) is 3.60. The highest BCUT2D eigenvalue weighted by Gasteiger charge is 2.29. The van der Waals surface area contributed by atoms with Gasteiger partial charge in [-0.3, -0.25) is 9.59 Å². The maximum absolute atomic E-state index is 12.4. The first-order valence-electron chi connectivity index (χ1n) is 7.10. The molecule has 2 heterocycles. The standard InChI is InChI=1S/C15H22N2O2S/c1-10(2)14(18)16-12-7-11(3)8-17(9-12)15(19)13-5-4-6-20-13/h4-6,10-12H,7-9H2,1-3H3,(H,16,18). The summed E-state index contributed by atoms with van der Waals surface area (Å²) < 4.78 is 0. The van der Waals surface area contributed by atoms with Gasteiger partial charge in [-0.25, -0.2) is 0 Å². The average Bonchev–Trinajstić information content (AvgIpc) is 2.90. The maximum atomic E-state index is 12.4. The Morgan fingerprint density at radius 3 is 2.75 bits per heavy atom. The summed E-state index contributed by atoms with van der Waals surface area (Å²) in [5.41, 5.74) is 0. The molecule has 1 aromatic rings. The molecule has 1 fully saturated rings. The van der Waals surface area contributed by atoms with Gasteiger partial charge in [0.2, 0.25) is 5.91 Å². The van der Waals surface area contributed by atoms with Crippen molar-refractivity contribution in [2.75, 3.05) is 13.1 Å². The Bertz CT molecular complexity index is 470. The minimum Gasteiger partial charge on any atom is -0.351 e. The molecule has 0 bridgehead atoms. The molecule has 2 unspecified atom stereocenters. The van der Waals surface area contributed by atoms with Crippen molar-refractivity contribution in [3.05, 3.63) is 22.4 Å². The minimum atomic E-state index is -0.0197. The van der Waals surface area contributed by atoms with E-state index in [9.17, 15) is 9.59 Å². The number of hydrogen-bond donors (Lipinski definition) is 1. The highest BCUT2D eigenvalue weighted by atomic mass is 32.1. The molecule has 1 N–H and O–H groups in total. The molecule has 2 rings (SSSR count). The second kappa shape index (κ2) is 6.39. The first-order valence-corrected chi connectivity index (χ1v) is 7.98. The average molecular weight is 294 g/mol. The van der Waals surface area contributed by atoms with Crippen molar-refractivity contribution < 1.29 is 9.59 Å². The normalized spacial score (nSPS) is 22.9. The van der Waals surface area contributed by atoms with E-state index >= 15 is 0 Å². The van der Waals surface area contributed by atoms with Crippen molar-refractivity contribution in [3.8, 4) is 0 Å². The molecule has 1 aliphatic heterocycles. The summed E-state index contributed by atoms with van der Waals surface area (Å²) in [6, 6.07) is 3.81. The molecule has 2 amide bonds. The van der Waals surface area contributed by atoms with Crippen LogP contribution in [-0.4, -0.2) is 35.8 Å². The molecule has 4 nitrogen and oxygen atoms in total. The number of hydrogen-bond acceptors (Lipinski definition) is 3. The summed E-state index contributed by atoms with van der Waals surface area (Å²) in [7, 11) is 0. The van der Waals surface area contributed by atoms with E-state index in [0.717, 1.165) is 17.8 Å². The molecule has 0 aromatic carbocycles. The number of amides is 2. The number of nitrogens with zero attached hydrogens (tertiary/aromatic N) is 1. The van der Waals surface area contributed by atoms with Crippen molar-refractivity contribution in [2.45, 2.75) is 33.2 Å². The minimum absolute atomic E-state index is 0.0197. The monoisotopic (exact) mass is 294 g/mol. The molecular weight excluding hydrogens is 272 g/mol. The Morgan fingerprint density at radius 2 is 2.15 bits per heavy atom. The van der Waals surface area contributed by atoms with Crippen molar-refractivity contribution in [1.29, 1.82) is 0 Å². The van der Waals surface area contributed by atoms with Crippen LogP contribution in [0.2, 0.25) is 0 Å². The fourth-order valence-electron chi connectivity index (χ4n) is 2.55. The van der Waals surface area contributed by atoms with Gasteiger partial charge in [-0.1, -0.05) is 26.8 Å². The van der Waals surface area contributed by atoms with Gasteiger partial charge in [-0.15, -0.1) is 11.3 Å². The Labute approximate surface area is 124 Å². The molecule has 1 saturated heterocycles. The largest absolute Gasteiger partial charge is 0.351 e. The van der Waals surface area contributed by atoms with Crippen LogP contribution in [0.3, 0.4) is 0 Å². The maximum Gasteiger partial charge on any atom is 0.263 e. The van der Waals surface area contributed by atoms with Crippen LogP contribution < -0.4 is 5.32 Å². The molecule has 20 heavy (non-hydrogen) atoms. The van der Waals surface area contributed by atoms with Crippen LogP contribution in [-0.2, 0) is 4.79 Å². The summed E-state index contributed by atoms with van der Waals surface area (Å²) in [6.45, 7) is 7.28. The number of carbonyl (C=O) groups excluding carboxylic acids is 2. The highest BCUT2D eigenvalue weighted by molar-refractivity contribution is 7.12. The van der Waals surface area contributed by atoms with Crippen LogP contribution in [0.4, 0.5) is 0 Å². The van der Waals surface area contributed by atoms with E-state index in [0.29, 0.717) is 12.5 Å². The van der Waals surface area contributed by atoms with E-state index < -0.39 is 0 Å². The first-order chi connectivity index (χ1) is 9.47. The quantitative estimate of drug-likeness (QED) is 0.930. The van der Waals surface area contributed by atoms with Gasteiger partial charge in [-0.05, 0) is 23.8 Å². The lowest BCUT2D eigenvalue weighted by Gasteiger charge is -2.37. The molecule has 1 aromatic heterocycles. The topological polar surface area (TPSA) is 49.4 Å². The number of likely N-dealkylation sites (tertiary alicyclic amines) is 1. The van der Waals surface area contributed by atoms with Crippen molar-refractivity contribution in [2.24, 2.45) is 11.8 Å². The summed E-state index contributed by atoms with van der Waals surface area (Å²) in [6.07, 6.45) is 0.937. The third-order valence-electron chi connectivity index (χ3n) is 3.55. The van der Waals surface area contributed by atoms with Gasteiger partial charge in [0.15, 0.2) is 0 Å². The van der Waals surface area contributed by atoms with Crippen LogP contribution in [0.1, 0.15) is 36.9 Å². The van der Waals surface area contributed by atoms with Gasteiger partial charge in [0, 0.05) is 25.0 Å². The molecule has 5 heteroatoms. The fraction of sp³-hybridized carbons (Fsp3) is 0.600. The van der Waals surface area contributed by atoms with E-state index in [2.05, 4.69) is 12.2 Å². The molecule has 1 aliphatic rings. The molecule has 0 aliphatic carbocycles. The predicted molar refractivity (Wildman–Crippen MR) is 80.8 cm³/mol. The van der Waals surface area contributed by atoms with Crippen LogP contribution in [0.25, 0.3) is 0 Å². The van der Waals surface area contributed by atoms with Gasteiger partial charge in [-0.2, -0.15) is 0 Å². The van der Waals surface area contributed by atoms with Crippen LogP contribution >= 0.6 is 11.3 Å². The van der Waals surface area contributed by atoms with E-state index in [4.69, 9.17) is 0 Å². The highest BCUT2D eigenvalue weighted by Crippen LogP contribution is 2.20. The fourth-order valence-corrected chi connectivity index (χ4v) is 3.24.